The Hall–Kier alpha value is -1.35. The van der Waals surface area contributed by atoms with Gasteiger partial charge in [-0.25, -0.2) is 4.79 Å². The Balaban J connectivity index is 2.64. The van der Waals surface area contributed by atoms with Gasteiger partial charge in [-0.15, -0.1) is 0 Å². The van der Waals surface area contributed by atoms with Crippen LogP contribution in [0.5, 0.6) is 0 Å². The number of rotatable bonds is 4. The maximum Gasteiger partial charge on any atom is 0.340 e. The van der Waals surface area contributed by atoms with Crippen LogP contribution >= 0.6 is 0 Å². The van der Waals surface area contributed by atoms with Crippen LogP contribution in [0.3, 0.4) is 0 Å². The Morgan fingerprint density at radius 2 is 1.87 bits per heavy atom. The summed E-state index contributed by atoms with van der Waals surface area (Å²) < 4.78 is 10.5. The lowest BCUT2D eigenvalue weighted by Gasteiger charge is -2.24. The van der Waals surface area contributed by atoms with E-state index in [0.717, 1.165) is 0 Å². The minimum Gasteiger partial charge on any atom is -0.430 e. The highest BCUT2D eigenvalue weighted by molar-refractivity contribution is 5.89. The maximum absolute atomic E-state index is 11.6. The van der Waals surface area contributed by atoms with Crippen molar-refractivity contribution in [2.45, 2.75) is 26.6 Å². The molecule has 0 atom stereocenters. The summed E-state index contributed by atoms with van der Waals surface area (Å²) in [6, 6.07) is 8.87. The molecule has 0 heterocycles. The first-order valence-electron chi connectivity index (χ1n) is 4.97. The molecule has 3 nitrogen and oxygen atoms in total. The number of carbonyl (C=O) groups excluding carboxylic acids is 1. The highest BCUT2D eigenvalue weighted by atomic mass is 16.7. The molecule has 0 saturated carbocycles. The van der Waals surface area contributed by atoms with Crippen molar-refractivity contribution in [3.63, 3.8) is 0 Å². The Morgan fingerprint density at radius 1 is 1.27 bits per heavy atom. The van der Waals surface area contributed by atoms with E-state index in [1.54, 1.807) is 38.1 Å². The Kier molecular flexibility index (Phi) is 3.86. The van der Waals surface area contributed by atoms with Crippen LogP contribution in [0.2, 0.25) is 0 Å². The molecule has 0 aliphatic carbocycles. The molecule has 1 aromatic rings. The van der Waals surface area contributed by atoms with Gasteiger partial charge >= 0.3 is 5.97 Å². The largest absolute Gasteiger partial charge is 0.430 e. The van der Waals surface area contributed by atoms with Gasteiger partial charge in [-0.3, -0.25) is 0 Å². The molecule has 0 aliphatic rings. The summed E-state index contributed by atoms with van der Waals surface area (Å²) in [5.74, 6) is -1.24. The fourth-order valence-corrected chi connectivity index (χ4v) is 1.23. The molecule has 0 aliphatic heterocycles. The van der Waals surface area contributed by atoms with E-state index in [0.29, 0.717) is 12.2 Å². The van der Waals surface area contributed by atoms with Crippen molar-refractivity contribution < 1.29 is 14.3 Å². The quantitative estimate of drug-likeness (QED) is 0.563. The van der Waals surface area contributed by atoms with E-state index in [9.17, 15) is 4.79 Å². The van der Waals surface area contributed by atoms with Gasteiger partial charge in [0.15, 0.2) is 0 Å². The van der Waals surface area contributed by atoms with Crippen LogP contribution in [0.4, 0.5) is 0 Å². The molecule has 0 saturated heterocycles. The molecule has 15 heavy (non-hydrogen) atoms. The molecular weight excluding hydrogens is 192 g/mol. The monoisotopic (exact) mass is 208 g/mol. The maximum atomic E-state index is 11.6. The lowest BCUT2D eigenvalue weighted by molar-refractivity contribution is -0.175. The lowest BCUT2D eigenvalue weighted by Crippen LogP contribution is -2.31. The van der Waals surface area contributed by atoms with Crippen LogP contribution in [-0.4, -0.2) is 18.4 Å². The first-order chi connectivity index (χ1) is 7.05. The van der Waals surface area contributed by atoms with E-state index in [2.05, 4.69) is 0 Å². The van der Waals surface area contributed by atoms with Crippen LogP contribution in [-0.2, 0) is 9.47 Å². The molecular formula is C12H16O3. The zero-order valence-electron chi connectivity index (χ0n) is 9.32. The van der Waals surface area contributed by atoms with Gasteiger partial charge in [-0.05, 0) is 19.1 Å². The number of carbonyl (C=O) groups is 1. The molecule has 0 radical (unpaired) electrons. The van der Waals surface area contributed by atoms with Crippen molar-refractivity contribution in [3.05, 3.63) is 35.9 Å². The number of benzene rings is 1. The fourth-order valence-electron chi connectivity index (χ4n) is 1.23. The Labute approximate surface area is 90.0 Å². The van der Waals surface area contributed by atoms with E-state index < -0.39 is 5.79 Å². The van der Waals surface area contributed by atoms with E-state index >= 15 is 0 Å². The van der Waals surface area contributed by atoms with Crippen LogP contribution in [0.25, 0.3) is 0 Å². The third-order valence-corrected chi connectivity index (χ3v) is 1.84. The first kappa shape index (κ1) is 11.7. The first-order valence-corrected chi connectivity index (χ1v) is 4.97. The Bertz CT molecular complexity index is 317. The minimum atomic E-state index is -0.873. The number of hydrogen-bond donors (Lipinski definition) is 0. The molecule has 0 fully saturated rings. The second-order valence-corrected chi connectivity index (χ2v) is 3.59. The summed E-state index contributed by atoms with van der Waals surface area (Å²) in [6.07, 6.45) is 0. The fraction of sp³-hybridized carbons (Fsp3) is 0.417. The van der Waals surface area contributed by atoms with E-state index in [4.69, 9.17) is 9.47 Å². The number of hydrogen-bond acceptors (Lipinski definition) is 3. The molecule has 1 rings (SSSR count). The summed E-state index contributed by atoms with van der Waals surface area (Å²) in [4.78, 5) is 11.6. The zero-order valence-corrected chi connectivity index (χ0v) is 9.32. The second-order valence-electron chi connectivity index (χ2n) is 3.59. The summed E-state index contributed by atoms with van der Waals surface area (Å²) in [5, 5.41) is 0. The van der Waals surface area contributed by atoms with Crippen LogP contribution in [0, 0.1) is 0 Å². The molecule has 0 N–H and O–H groups in total. The standard InChI is InChI=1S/C12H16O3/c1-4-14-12(2,3)15-11(13)10-8-6-5-7-9-10/h5-9H,4H2,1-3H3. The van der Waals surface area contributed by atoms with Gasteiger partial charge in [0.2, 0.25) is 5.79 Å². The summed E-state index contributed by atoms with van der Waals surface area (Å²) in [7, 11) is 0. The van der Waals surface area contributed by atoms with Gasteiger partial charge in [0, 0.05) is 20.5 Å². The topological polar surface area (TPSA) is 35.5 Å². The van der Waals surface area contributed by atoms with Crippen molar-refractivity contribution in [2.24, 2.45) is 0 Å². The van der Waals surface area contributed by atoms with Crippen LogP contribution < -0.4 is 0 Å². The normalized spacial score (nSPS) is 11.1. The van der Waals surface area contributed by atoms with Gasteiger partial charge in [-0.2, -0.15) is 0 Å². The zero-order chi connectivity index (χ0) is 11.3. The summed E-state index contributed by atoms with van der Waals surface area (Å²) in [5.41, 5.74) is 0.533. The third-order valence-electron chi connectivity index (χ3n) is 1.84. The van der Waals surface area contributed by atoms with E-state index in [-0.39, 0.29) is 5.97 Å². The number of esters is 1. The van der Waals surface area contributed by atoms with E-state index in [1.807, 2.05) is 13.0 Å². The molecule has 0 amide bonds. The van der Waals surface area contributed by atoms with Gasteiger partial charge in [0.1, 0.15) is 0 Å². The summed E-state index contributed by atoms with van der Waals surface area (Å²) in [6.45, 7) is 5.81. The molecule has 1 aromatic carbocycles. The van der Waals surface area contributed by atoms with Crippen LogP contribution in [0.15, 0.2) is 30.3 Å². The second kappa shape index (κ2) is 4.94. The van der Waals surface area contributed by atoms with Crippen molar-refractivity contribution in [1.29, 1.82) is 0 Å². The molecule has 0 bridgehead atoms. The van der Waals surface area contributed by atoms with Crippen molar-refractivity contribution in [1.82, 2.24) is 0 Å². The van der Waals surface area contributed by atoms with E-state index in [1.165, 1.54) is 0 Å². The average Bonchev–Trinajstić information content (AvgIpc) is 2.18. The van der Waals surface area contributed by atoms with Crippen molar-refractivity contribution in [2.75, 3.05) is 6.61 Å². The molecule has 0 unspecified atom stereocenters. The van der Waals surface area contributed by atoms with Gasteiger partial charge in [0.05, 0.1) is 5.56 Å². The van der Waals surface area contributed by atoms with Gasteiger partial charge in [0.25, 0.3) is 0 Å². The predicted octanol–water partition coefficient (Wildman–Crippen LogP) is 2.62. The Morgan fingerprint density at radius 3 is 2.40 bits per heavy atom. The summed E-state index contributed by atoms with van der Waals surface area (Å²) >= 11 is 0. The minimum absolute atomic E-state index is 0.367. The molecule has 82 valence electrons. The molecule has 3 heteroatoms. The average molecular weight is 208 g/mol. The smallest absolute Gasteiger partial charge is 0.340 e. The predicted molar refractivity (Wildman–Crippen MR) is 57.6 cm³/mol. The SMILES string of the molecule is CCOC(C)(C)OC(=O)c1ccccc1. The molecule has 0 aromatic heterocycles. The number of ether oxygens (including phenoxy) is 2. The lowest BCUT2D eigenvalue weighted by atomic mass is 10.2. The van der Waals surface area contributed by atoms with Gasteiger partial charge < -0.3 is 9.47 Å². The van der Waals surface area contributed by atoms with Crippen LogP contribution in [0.1, 0.15) is 31.1 Å². The highest BCUT2D eigenvalue weighted by Crippen LogP contribution is 2.14. The van der Waals surface area contributed by atoms with Gasteiger partial charge in [-0.1, -0.05) is 18.2 Å². The van der Waals surface area contributed by atoms with Crippen molar-refractivity contribution >= 4 is 5.97 Å². The molecule has 0 spiro atoms. The van der Waals surface area contributed by atoms with Crippen molar-refractivity contribution in [3.8, 4) is 0 Å². The third kappa shape index (κ3) is 3.72. The highest BCUT2D eigenvalue weighted by Gasteiger charge is 2.23.